The average molecular weight is 390 g/mol. The number of nitrogens with zero attached hydrogens (tertiary/aromatic N) is 2. The number of fused-ring (bicyclic) bond motifs is 1. The van der Waals surface area contributed by atoms with E-state index in [0.29, 0.717) is 24.3 Å². The predicted molar refractivity (Wildman–Crippen MR) is 96.7 cm³/mol. The fraction of sp³-hybridized carbons (Fsp3) is 0.211. The number of pyridine rings is 1. The zero-order chi connectivity index (χ0) is 20.3. The molecule has 2 N–H and O–H groups in total. The first-order valence-electron chi connectivity index (χ1n) is 8.64. The molecular formula is C19H17F3N4O2. The largest absolute Gasteiger partial charge is 0.351 e. The minimum atomic E-state index is -1.62. The fourth-order valence-electron chi connectivity index (χ4n) is 2.67. The van der Waals surface area contributed by atoms with Crippen LogP contribution in [0, 0.1) is 17.5 Å². The Hall–Kier alpha value is -3.36. The second-order valence-electron chi connectivity index (χ2n) is 6.02. The zero-order valence-corrected chi connectivity index (χ0v) is 14.9. The second kappa shape index (κ2) is 8.12. The van der Waals surface area contributed by atoms with Gasteiger partial charge in [0.15, 0.2) is 23.1 Å². The maximum atomic E-state index is 13.9. The highest BCUT2D eigenvalue weighted by Crippen LogP contribution is 2.21. The number of nitrogens with one attached hydrogen (secondary N) is 2. The van der Waals surface area contributed by atoms with E-state index in [1.54, 1.807) is 24.4 Å². The second-order valence-corrected chi connectivity index (χ2v) is 6.02. The third-order valence-electron chi connectivity index (χ3n) is 4.06. The van der Waals surface area contributed by atoms with Gasteiger partial charge in [-0.3, -0.25) is 14.0 Å². The van der Waals surface area contributed by atoms with Crippen LogP contribution >= 0.6 is 0 Å². The molecule has 0 unspecified atom stereocenters. The summed E-state index contributed by atoms with van der Waals surface area (Å²) >= 11 is 0. The van der Waals surface area contributed by atoms with Gasteiger partial charge in [-0.2, -0.15) is 0 Å². The number of carbonyl (C=O) groups excluding carboxylic acids is 2. The Morgan fingerprint density at radius 1 is 1.07 bits per heavy atom. The van der Waals surface area contributed by atoms with E-state index in [1.165, 1.54) is 4.40 Å². The smallest absolute Gasteiger partial charge is 0.272 e. The van der Waals surface area contributed by atoms with Crippen molar-refractivity contribution in [3.8, 4) is 0 Å². The van der Waals surface area contributed by atoms with Gasteiger partial charge in [0.2, 0.25) is 0 Å². The molecule has 2 amide bonds. The number of hydrogen-bond donors (Lipinski definition) is 2. The molecule has 0 saturated heterocycles. The summed E-state index contributed by atoms with van der Waals surface area (Å²) in [6.07, 6.45) is 3.19. The van der Waals surface area contributed by atoms with E-state index in [2.05, 4.69) is 15.6 Å². The molecule has 0 aliphatic carbocycles. The van der Waals surface area contributed by atoms with Crippen LogP contribution in [-0.2, 0) is 0 Å². The number of imidazole rings is 1. The Balaban J connectivity index is 1.99. The lowest BCUT2D eigenvalue weighted by atomic mass is 10.1. The Morgan fingerprint density at radius 2 is 1.82 bits per heavy atom. The van der Waals surface area contributed by atoms with Gasteiger partial charge in [0, 0.05) is 12.7 Å². The van der Waals surface area contributed by atoms with E-state index in [-0.39, 0.29) is 11.5 Å². The SMILES string of the molecule is CCCCNC(=O)c1c(NC(=O)c2c(F)ccc(F)c2F)nc2ccccn12. The first kappa shape index (κ1) is 19.4. The normalized spacial score (nSPS) is 10.9. The van der Waals surface area contributed by atoms with E-state index in [0.717, 1.165) is 12.8 Å². The number of amides is 2. The molecule has 0 fully saturated rings. The third kappa shape index (κ3) is 3.68. The molecule has 0 aliphatic rings. The number of carbonyl (C=O) groups is 2. The number of benzene rings is 1. The van der Waals surface area contributed by atoms with E-state index < -0.39 is 34.8 Å². The molecule has 0 radical (unpaired) electrons. The molecule has 9 heteroatoms. The van der Waals surface area contributed by atoms with Gasteiger partial charge in [0.25, 0.3) is 11.8 Å². The van der Waals surface area contributed by atoms with Crippen LogP contribution in [-0.4, -0.2) is 27.7 Å². The van der Waals surface area contributed by atoms with Crippen LogP contribution in [0.15, 0.2) is 36.5 Å². The lowest BCUT2D eigenvalue weighted by Gasteiger charge is -2.09. The highest BCUT2D eigenvalue weighted by molar-refractivity contribution is 6.08. The number of rotatable bonds is 6. The van der Waals surface area contributed by atoms with Crippen LogP contribution in [0.3, 0.4) is 0 Å². The Bertz CT molecular complexity index is 1050. The number of hydrogen-bond acceptors (Lipinski definition) is 3. The van der Waals surface area contributed by atoms with Crippen molar-refractivity contribution in [2.24, 2.45) is 0 Å². The average Bonchev–Trinajstić information content (AvgIpc) is 3.03. The predicted octanol–water partition coefficient (Wildman–Crippen LogP) is 3.53. The summed E-state index contributed by atoms with van der Waals surface area (Å²) in [7, 11) is 0. The Morgan fingerprint density at radius 3 is 2.57 bits per heavy atom. The van der Waals surface area contributed by atoms with Gasteiger partial charge in [-0.1, -0.05) is 19.4 Å². The molecule has 6 nitrogen and oxygen atoms in total. The van der Waals surface area contributed by atoms with Crippen molar-refractivity contribution in [3.05, 3.63) is 65.2 Å². The maximum Gasteiger partial charge on any atom is 0.272 e. The summed E-state index contributed by atoms with van der Waals surface area (Å²) in [5, 5.41) is 4.92. The van der Waals surface area contributed by atoms with Crippen molar-refractivity contribution >= 4 is 23.3 Å². The van der Waals surface area contributed by atoms with Crippen molar-refractivity contribution in [1.29, 1.82) is 0 Å². The summed E-state index contributed by atoms with van der Waals surface area (Å²) in [6.45, 7) is 2.38. The topological polar surface area (TPSA) is 75.5 Å². The molecule has 2 aromatic heterocycles. The zero-order valence-electron chi connectivity index (χ0n) is 14.9. The molecule has 0 spiro atoms. The lowest BCUT2D eigenvalue weighted by molar-refractivity contribution is 0.0948. The third-order valence-corrected chi connectivity index (χ3v) is 4.06. The monoisotopic (exact) mass is 390 g/mol. The number of unbranched alkanes of at least 4 members (excludes halogenated alkanes) is 1. The first-order valence-corrected chi connectivity index (χ1v) is 8.64. The minimum absolute atomic E-state index is 0.00253. The highest BCUT2D eigenvalue weighted by Gasteiger charge is 2.25. The van der Waals surface area contributed by atoms with Gasteiger partial charge in [-0.25, -0.2) is 18.2 Å². The molecule has 3 rings (SSSR count). The number of halogens is 3. The first-order chi connectivity index (χ1) is 13.4. The highest BCUT2D eigenvalue weighted by atomic mass is 19.2. The van der Waals surface area contributed by atoms with Gasteiger partial charge >= 0.3 is 0 Å². The quantitative estimate of drug-likeness (QED) is 0.499. The van der Waals surface area contributed by atoms with Crippen molar-refractivity contribution < 1.29 is 22.8 Å². The van der Waals surface area contributed by atoms with Crippen LogP contribution in [0.2, 0.25) is 0 Å². The lowest BCUT2D eigenvalue weighted by Crippen LogP contribution is -2.27. The molecule has 0 saturated carbocycles. The van der Waals surface area contributed by atoms with Crippen LogP contribution in [0.4, 0.5) is 19.0 Å². The molecule has 0 aliphatic heterocycles. The van der Waals surface area contributed by atoms with Gasteiger partial charge in [-0.05, 0) is 30.7 Å². The molecule has 1 aromatic carbocycles. The van der Waals surface area contributed by atoms with Crippen LogP contribution < -0.4 is 10.6 Å². The fourth-order valence-corrected chi connectivity index (χ4v) is 2.67. The van der Waals surface area contributed by atoms with E-state index in [9.17, 15) is 22.8 Å². The summed E-state index contributed by atoms with van der Waals surface area (Å²) in [6, 6.07) is 6.17. The maximum absolute atomic E-state index is 13.9. The Kier molecular flexibility index (Phi) is 5.62. The Labute approximate surface area is 158 Å². The van der Waals surface area contributed by atoms with Crippen molar-refractivity contribution in [3.63, 3.8) is 0 Å². The molecule has 0 bridgehead atoms. The molecule has 3 aromatic rings. The molecule has 2 heterocycles. The molecule has 0 atom stereocenters. The summed E-state index contributed by atoms with van der Waals surface area (Å²) in [4.78, 5) is 29.1. The summed E-state index contributed by atoms with van der Waals surface area (Å²) in [5.41, 5.74) is -0.745. The minimum Gasteiger partial charge on any atom is -0.351 e. The van der Waals surface area contributed by atoms with Crippen molar-refractivity contribution in [1.82, 2.24) is 14.7 Å². The number of anilines is 1. The molecule has 28 heavy (non-hydrogen) atoms. The molecule has 146 valence electrons. The van der Waals surface area contributed by atoms with E-state index >= 15 is 0 Å². The van der Waals surface area contributed by atoms with Crippen LogP contribution in [0.5, 0.6) is 0 Å². The van der Waals surface area contributed by atoms with E-state index in [1.807, 2.05) is 6.92 Å². The van der Waals surface area contributed by atoms with Crippen LogP contribution in [0.25, 0.3) is 5.65 Å². The van der Waals surface area contributed by atoms with Gasteiger partial charge < -0.3 is 10.6 Å². The van der Waals surface area contributed by atoms with Crippen molar-refractivity contribution in [2.45, 2.75) is 19.8 Å². The van der Waals surface area contributed by atoms with E-state index in [4.69, 9.17) is 0 Å². The summed E-state index contributed by atoms with van der Waals surface area (Å²) < 4.78 is 42.6. The van der Waals surface area contributed by atoms with Gasteiger partial charge in [0.05, 0.1) is 0 Å². The van der Waals surface area contributed by atoms with Gasteiger partial charge in [0.1, 0.15) is 17.0 Å². The van der Waals surface area contributed by atoms with Crippen molar-refractivity contribution in [2.75, 3.05) is 11.9 Å². The number of aromatic nitrogens is 2. The van der Waals surface area contributed by atoms with Gasteiger partial charge in [-0.15, -0.1) is 0 Å². The standard InChI is InChI=1S/C19H17F3N4O2/c1-2-3-9-23-19(28)16-17(24-13-6-4-5-10-26(13)16)25-18(27)14-11(20)7-8-12(21)15(14)22/h4-8,10H,2-3,9H2,1H3,(H,23,28)(H,25,27). The molecular weight excluding hydrogens is 373 g/mol. The summed E-state index contributed by atoms with van der Waals surface area (Å²) in [5.74, 6) is -6.15. The van der Waals surface area contributed by atoms with Crippen LogP contribution in [0.1, 0.15) is 40.6 Å².